The van der Waals surface area contributed by atoms with Gasteiger partial charge in [0.15, 0.2) is 5.17 Å². The van der Waals surface area contributed by atoms with Gasteiger partial charge >= 0.3 is 0 Å². The number of hydrogen-bond donors (Lipinski definition) is 3. The molecule has 0 unspecified atom stereocenters. The first-order valence-corrected chi connectivity index (χ1v) is 4.06. The number of hydrazine groups is 1. The zero-order valence-corrected chi connectivity index (χ0v) is 7.73. The second-order valence-electron chi connectivity index (χ2n) is 2.05. The van der Waals surface area contributed by atoms with Gasteiger partial charge in [-0.25, -0.2) is 0 Å². The zero-order chi connectivity index (χ0) is 8.97. The number of hydrazone groups is 1. The van der Waals surface area contributed by atoms with Crippen LogP contribution in [-0.4, -0.2) is 22.9 Å². The molecule has 12 heavy (non-hydrogen) atoms. The first kappa shape index (κ1) is 9.44. The lowest BCUT2D eigenvalue weighted by atomic mass is 10.4. The highest BCUT2D eigenvalue weighted by Crippen LogP contribution is 2.06. The average molecular weight is 210 g/mol. The molecule has 1 aliphatic heterocycles. The minimum absolute atomic E-state index is 0.303. The summed E-state index contributed by atoms with van der Waals surface area (Å²) in [6.07, 6.45) is 1.61. The van der Waals surface area contributed by atoms with E-state index in [0.717, 1.165) is 4.64 Å². The van der Waals surface area contributed by atoms with Crippen molar-refractivity contribution in [2.24, 2.45) is 10.8 Å². The predicted molar refractivity (Wildman–Crippen MR) is 49.3 cm³/mol. The predicted octanol–water partition coefficient (Wildman–Crippen LogP) is -0.0976. The van der Waals surface area contributed by atoms with Crippen LogP contribution in [0.15, 0.2) is 17.0 Å². The van der Waals surface area contributed by atoms with Crippen molar-refractivity contribution in [2.45, 2.75) is 0 Å². The van der Waals surface area contributed by atoms with Crippen LogP contribution in [0.5, 0.6) is 0 Å². The number of halogens is 2. The van der Waals surface area contributed by atoms with E-state index in [1.54, 1.807) is 6.20 Å². The van der Waals surface area contributed by atoms with Gasteiger partial charge in [-0.3, -0.25) is 5.43 Å². The van der Waals surface area contributed by atoms with Gasteiger partial charge in [-0.1, -0.05) is 11.6 Å². The number of rotatable bonds is 3. The third-order valence-corrected chi connectivity index (χ3v) is 1.63. The highest BCUT2D eigenvalue weighted by Gasteiger charge is 2.10. The smallest absolute Gasteiger partial charge is 0.177 e. The Labute approximate surface area is 80.3 Å². The molecule has 5 nitrogen and oxygen atoms in total. The Morgan fingerprint density at radius 2 is 2.50 bits per heavy atom. The summed E-state index contributed by atoms with van der Waals surface area (Å²) < 4.78 is 0.996. The Morgan fingerprint density at radius 3 is 3.08 bits per heavy atom. The van der Waals surface area contributed by atoms with Crippen molar-refractivity contribution in [3.63, 3.8) is 0 Å². The fourth-order valence-electron chi connectivity index (χ4n) is 0.668. The third-order valence-electron chi connectivity index (χ3n) is 1.17. The maximum atomic E-state index is 5.73. The molecule has 7 heteroatoms. The van der Waals surface area contributed by atoms with Crippen LogP contribution >= 0.6 is 23.4 Å². The summed E-state index contributed by atoms with van der Waals surface area (Å²) in [5.74, 6) is 0. The fourth-order valence-corrected chi connectivity index (χ4v) is 1.03. The van der Waals surface area contributed by atoms with Crippen LogP contribution in [0.3, 0.4) is 0 Å². The minimum atomic E-state index is 0.303. The van der Waals surface area contributed by atoms with Crippen LogP contribution in [0.25, 0.3) is 0 Å². The van der Waals surface area contributed by atoms with E-state index in [2.05, 4.69) is 15.8 Å². The molecule has 0 amide bonds. The largest absolute Gasteiger partial charge is 0.380 e. The summed E-state index contributed by atoms with van der Waals surface area (Å²) in [7, 11) is 0. The molecule has 1 aliphatic rings. The monoisotopic (exact) mass is 209 g/mol. The number of hydrogen-bond acceptors (Lipinski definition) is 5. The highest BCUT2D eigenvalue weighted by molar-refractivity contribution is 6.69. The van der Waals surface area contributed by atoms with Crippen LogP contribution in [0, 0.1) is 0 Å². The normalized spacial score (nSPS) is 16.4. The van der Waals surface area contributed by atoms with Gasteiger partial charge in [-0.15, -0.1) is 9.74 Å². The van der Waals surface area contributed by atoms with Crippen molar-refractivity contribution in [1.82, 2.24) is 15.4 Å². The molecule has 0 fully saturated rings. The molecule has 1 heterocycles. The van der Waals surface area contributed by atoms with Gasteiger partial charge < -0.3 is 11.1 Å². The molecular weight excluding hydrogens is 201 g/mol. The molecule has 0 aromatic carbocycles. The van der Waals surface area contributed by atoms with Gasteiger partial charge in [0, 0.05) is 19.3 Å². The van der Waals surface area contributed by atoms with E-state index in [1.165, 1.54) is 0 Å². The molecule has 1 rings (SSSR count). The summed E-state index contributed by atoms with van der Waals surface area (Å²) in [5, 5.41) is 6.99. The standard InChI is InChI=1S/C5H9Cl2N5/c6-5-4(9-2-1-8)3-10-12(7)11-5/h3,9-10H,1-2,8H2. The summed E-state index contributed by atoms with van der Waals surface area (Å²) in [5.41, 5.74) is 8.60. The van der Waals surface area contributed by atoms with Gasteiger partial charge in [0.25, 0.3) is 0 Å². The number of nitrogens with two attached hydrogens (primary N) is 1. The van der Waals surface area contributed by atoms with Gasteiger partial charge in [0.2, 0.25) is 0 Å². The van der Waals surface area contributed by atoms with Crippen LogP contribution in [0.4, 0.5) is 0 Å². The van der Waals surface area contributed by atoms with Crippen molar-refractivity contribution in [1.29, 1.82) is 0 Å². The van der Waals surface area contributed by atoms with Gasteiger partial charge in [0.05, 0.1) is 17.5 Å². The molecule has 0 aromatic heterocycles. The highest BCUT2D eigenvalue weighted by atomic mass is 35.5. The quantitative estimate of drug-likeness (QED) is 0.569. The summed E-state index contributed by atoms with van der Waals surface area (Å²) in [4.78, 5) is 0. The molecule has 0 spiro atoms. The summed E-state index contributed by atoms with van der Waals surface area (Å²) in [6.45, 7) is 1.17. The molecule has 4 N–H and O–H groups in total. The lowest BCUT2D eigenvalue weighted by molar-refractivity contribution is 0.408. The first-order valence-electron chi connectivity index (χ1n) is 3.34. The molecule has 0 aromatic rings. The number of allylic oxidation sites excluding steroid dienone is 1. The van der Waals surface area contributed by atoms with Crippen molar-refractivity contribution >= 4 is 28.5 Å². The summed E-state index contributed by atoms with van der Waals surface area (Å²) >= 11 is 11.2. The first-order chi connectivity index (χ1) is 5.74. The Bertz CT molecular complexity index is 214. The van der Waals surface area contributed by atoms with Crippen LogP contribution in [0.1, 0.15) is 0 Å². The van der Waals surface area contributed by atoms with E-state index in [1.807, 2.05) is 0 Å². The van der Waals surface area contributed by atoms with Crippen molar-refractivity contribution in [2.75, 3.05) is 13.1 Å². The van der Waals surface area contributed by atoms with E-state index < -0.39 is 0 Å². The van der Waals surface area contributed by atoms with Crippen LogP contribution < -0.4 is 16.5 Å². The van der Waals surface area contributed by atoms with Crippen molar-refractivity contribution in [3.05, 3.63) is 11.9 Å². The fraction of sp³-hybridized carbons (Fsp3) is 0.400. The SMILES string of the molecule is NCCNC1=CNN(Cl)N=C1Cl. The topological polar surface area (TPSA) is 65.7 Å². The molecule has 68 valence electrons. The molecule has 0 aliphatic carbocycles. The van der Waals surface area contributed by atoms with Gasteiger partial charge in [0.1, 0.15) is 0 Å². The van der Waals surface area contributed by atoms with Crippen molar-refractivity contribution in [3.8, 4) is 0 Å². The third kappa shape index (κ3) is 2.44. The van der Waals surface area contributed by atoms with E-state index >= 15 is 0 Å². The van der Waals surface area contributed by atoms with Crippen LogP contribution in [0.2, 0.25) is 0 Å². The van der Waals surface area contributed by atoms with E-state index in [9.17, 15) is 0 Å². The van der Waals surface area contributed by atoms with Crippen LogP contribution in [-0.2, 0) is 0 Å². The van der Waals surface area contributed by atoms with E-state index in [0.29, 0.717) is 24.0 Å². The lowest BCUT2D eigenvalue weighted by Gasteiger charge is -2.17. The van der Waals surface area contributed by atoms with Gasteiger partial charge in [-0.2, -0.15) is 0 Å². The maximum absolute atomic E-state index is 5.73. The maximum Gasteiger partial charge on any atom is 0.177 e. The molecule has 0 saturated heterocycles. The van der Waals surface area contributed by atoms with Gasteiger partial charge in [-0.05, 0) is 0 Å². The Kier molecular flexibility index (Phi) is 3.46. The second-order valence-corrected chi connectivity index (χ2v) is 2.73. The molecule has 0 bridgehead atoms. The minimum Gasteiger partial charge on any atom is -0.380 e. The molecule has 0 atom stereocenters. The molecule has 0 radical (unpaired) electrons. The number of nitrogens with zero attached hydrogens (tertiary/aromatic N) is 2. The second kappa shape index (κ2) is 4.39. The molecule has 0 saturated carbocycles. The van der Waals surface area contributed by atoms with E-state index in [-0.39, 0.29) is 0 Å². The Balaban J connectivity index is 2.49. The lowest BCUT2D eigenvalue weighted by Crippen LogP contribution is -2.33. The van der Waals surface area contributed by atoms with Crippen molar-refractivity contribution < 1.29 is 0 Å². The molecular formula is C5H9Cl2N5. The van der Waals surface area contributed by atoms with E-state index in [4.69, 9.17) is 29.1 Å². The Morgan fingerprint density at radius 1 is 1.75 bits per heavy atom. The zero-order valence-electron chi connectivity index (χ0n) is 6.22. The average Bonchev–Trinajstić information content (AvgIpc) is 2.03. The number of nitrogens with one attached hydrogen (secondary N) is 2. The Hall–Kier alpha value is -0.650. The summed E-state index contributed by atoms with van der Waals surface area (Å²) in [6, 6.07) is 0.